The van der Waals surface area contributed by atoms with Crippen molar-refractivity contribution in [2.75, 3.05) is 18.2 Å². The second-order valence-electron chi connectivity index (χ2n) is 5.28. The van der Waals surface area contributed by atoms with Crippen LogP contribution in [0.5, 0.6) is 5.75 Å². The van der Waals surface area contributed by atoms with Gasteiger partial charge >= 0.3 is 0 Å². The maximum absolute atomic E-state index is 13.6. The summed E-state index contributed by atoms with van der Waals surface area (Å²) in [6, 6.07) is 10.7. The lowest BCUT2D eigenvalue weighted by molar-refractivity contribution is -0.113. The van der Waals surface area contributed by atoms with Gasteiger partial charge in [-0.2, -0.15) is 0 Å². The molecule has 0 heterocycles. The van der Waals surface area contributed by atoms with E-state index in [1.165, 1.54) is 24.9 Å². The number of thioether (sulfide) groups is 1. The van der Waals surface area contributed by atoms with Crippen LogP contribution in [0.3, 0.4) is 0 Å². The van der Waals surface area contributed by atoms with Crippen LogP contribution in [0.15, 0.2) is 36.4 Å². The molecule has 0 spiro atoms. The molecule has 1 amide bonds. The lowest BCUT2D eigenvalue weighted by Gasteiger charge is -2.11. The van der Waals surface area contributed by atoms with Crippen LogP contribution in [0.1, 0.15) is 16.7 Å². The molecule has 0 saturated carbocycles. The Bertz CT molecular complexity index is 683. The van der Waals surface area contributed by atoms with Crippen molar-refractivity contribution < 1.29 is 13.9 Å². The molecule has 5 heteroatoms. The minimum absolute atomic E-state index is 0.0543. The number of para-hydroxylation sites is 1. The number of benzene rings is 2. The van der Waals surface area contributed by atoms with Gasteiger partial charge in [0.2, 0.25) is 5.91 Å². The third-order valence-corrected chi connectivity index (χ3v) is 4.47. The Morgan fingerprint density at radius 2 is 1.91 bits per heavy atom. The number of aryl methyl sites for hydroxylation is 2. The first-order valence-electron chi connectivity index (χ1n) is 7.27. The molecular formula is C18H20FNO2S. The van der Waals surface area contributed by atoms with Gasteiger partial charge in [-0.25, -0.2) is 4.39 Å². The van der Waals surface area contributed by atoms with Crippen molar-refractivity contribution >= 4 is 23.4 Å². The molecule has 1 N–H and O–H groups in total. The van der Waals surface area contributed by atoms with Crippen molar-refractivity contribution in [3.8, 4) is 5.75 Å². The molecule has 0 aliphatic carbocycles. The Balaban J connectivity index is 1.86. The molecule has 2 aromatic carbocycles. The van der Waals surface area contributed by atoms with E-state index in [9.17, 15) is 9.18 Å². The summed E-state index contributed by atoms with van der Waals surface area (Å²) in [7, 11) is 1.44. The van der Waals surface area contributed by atoms with Crippen molar-refractivity contribution in [3.63, 3.8) is 0 Å². The second kappa shape index (κ2) is 8.02. The first-order chi connectivity index (χ1) is 11.0. The predicted octanol–water partition coefficient (Wildman–Crippen LogP) is 4.32. The number of halogens is 1. The Hall–Kier alpha value is -2.01. The van der Waals surface area contributed by atoms with Gasteiger partial charge in [0.05, 0.1) is 12.9 Å². The van der Waals surface area contributed by atoms with E-state index in [0.717, 1.165) is 22.4 Å². The first kappa shape index (κ1) is 17.3. The number of carbonyl (C=O) groups excluding carboxylic acids is 1. The highest BCUT2D eigenvalue weighted by Gasteiger charge is 2.08. The van der Waals surface area contributed by atoms with Gasteiger partial charge < -0.3 is 10.1 Å². The fourth-order valence-electron chi connectivity index (χ4n) is 2.25. The molecule has 3 nitrogen and oxygen atoms in total. The summed E-state index contributed by atoms with van der Waals surface area (Å²) >= 11 is 1.45. The highest BCUT2D eigenvalue weighted by molar-refractivity contribution is 7.99. The molecule has 0 aliphatic heterocycles. The van der Waals surface area contributed by atoms with Gasteiger partial charge in [-0.3, -0.25) is 4.79 Å². The normalized spacial score (nSPS) is 10.4. The molecule has 0 aromatic heterocycles. The van der Waals surface area contributed by atoms with Crippen LogP contribution in [0.2, 0.25) is 0 Å². The molecule has 2 aromatic rings. The van der Waals surface area contributed by atoms with Crippen molar-refractivity contribution in [2.24, 2.45) is 0 Å². The second-order valence-corrected chi connectivity index (χ2v) is 6.26. The van der Waals surface area contributed by atoms with Gasteiger partial charge in [0.25, 0.3) is 0 Å². The summed E-state index contributed by atoms with van der Waals surface area (Å²) < 4.78 is 18.5. The number of rotatable bonds is 6. The van der Waals surface area contributed by atoms with Crippen LogP contribution >= 0.6 is 11.8 Å². The molecule has 0 atom stereocenters. The highest BCUT2D eigenvalue weighted by Crippen LogP contribution is 2.22. The van der Waals surface area contributed by atoms with E-state index in [-0.39, 0.29) is 17.5 Å². The third kappa shape index (κ3) is 4.73. The zero-order valence-corrected chi connectivity index (χ0v) is 14.3. The number of anilines is 1. The van der Waals surface area contributed by atoms with Crippen molar-refractivity contribution in [3.05, 3.63) is 58.9 Å². The minimum atomic E-state index is -0.384. The molecular weight excluding hydrogens is 313 g/mol. The summed E-state index contributed by atoms with van der Waals surface area (Å²) in [6.07, 6.45) is 0. The average molecular weight is 333 g/mol. The molecule has 0 fully saturated rings. The summed E-state index contributed by atoms with van der Waals surface area (Å²) in [6.45, 7) is 3.94. The zero-order chi connectivity index (χ0) is 16.8. The number of hydrogen-bond donors (Lipinski definition) is 1. The van der Waals surface area contributed by atoms with Gasteiger partial charge in [0.15, 0.2) is 11.6 Å². The van der Waals surface area contributed by atoms with E-state index < -0.39 is 0 Å². The van der Waals surface area contributed by atoms with Crippen LogP contribution in [-0.4, -0.2) is 18.8 Å². The highest BCUT2D eigenvalue weighted by atomic mass is 32.2. The number of carbonyl (C=O) groups is 1. The topological polar surface area (TPSA) is 38.3 Å². The maximum atomic E-state index is 13.6. The molecule has 0 saturated heterocycles. The summed E-state index contributed by atoms with van der Waals surface area (Å²) in [5.41, 5.74) is 3.78. The Kier molecular flexibility index (Phi) is 6.04. The monoisotopic (exact) mass is 333 g/mol. The van der Waals surface area contributed by atoms with Gasteiger partial charge in [0.1, 0.15) is 0 Å². The van der Waals surface area contributed by atoms with Crippen LogP contribution in [0, 0.1) is 19.7 Å². The quantitative estimate of drug-likeness (QED) is 0.855. The molecule has 122 valence electrons. The van der Waals surface area contributed by atoms with Crippen molar-refractivity contribution in [1.82, 2.24) is 0 Å². The number of hydrogen-bond acceptors (Lipinski definition) is 3. The number of amides is 1. The lowest BCUT2D eigenvalue weighted by atomic mass is 10.1. The predicted molar refractivity (Wildman–Crippen MR) is 93.7 cm³/mol. The van der Waals surface area contributed by atoms with E-state index in [1.807, 2.05) is 32.0 Å². The van der Waals surface area contributed by atoms with E-state index in [0.29, 0.717) is 11.5 Å². The largest absolute Gasteiger partial charge is 0.494 e. The number of nitrogens with one attached hydrogen (secondary N) is 1. The summed E-state index contributed by atoms with van der Waals surface area (Å²) in [5.74, 6) is 0.682. The van der Waals surface area contributed by atoms with Crippen LogP contribution in [0.25, 0.3) is 0 Å². The molecule has 0 bridgehead atoms. The average Bonchev–Trinajstić information content (AvgIpc) is 2.51. The minimum Gasteiger partial charge on any atom is -0.494 e. The molecule has 0 radical (unpaired) electrons. The Morgan fingerprint density at radius 1 is 1.22 bits per heavy atom. The molecule has 23 heavy (non-hydrogen) atoms. The van der Waals surface area contributed by atoms with Crippen molar-refractivity contribution in [1.29, 1.82) is 0 Å². The molecule has 0 aliphatic rings. The van der Waals surface area contributed by atoms with E-state index in [2.05, 4.69) is 5.32 Å². The van der Waals surface area contributed by atoms with Gasteiger partial charge in [-0.05, 0) is 42.7 Å². The van der Waals surface area contributed by atoms with Crippen LogP contribution < -0.4 is 10.1 Å². The summed E-state index contributed by atoms with van der Waals surface area (Å²) in [5, 5.41) is 2.94. The van der Waals surface area contributed by atoms with Crippen LogP contribution in [-0.2, 0) is 10.5 Å². The molecule has 0 unspecified atom stereocenters. The van der Waals surface area contributed by atoms with Gasteiger partial charge in [-0.15, -0.1) is 11.8 Å². The van der Waals surface area contributed by atoms with Gasteiger partial charge in [-0.1, -0.05) is 24.3 Å². The Labute approximate surface area is 140 Å². The fraction of sp³-hybridized carbons (Fsp3) is 0.278. The van der Waals surface area contributed by atoms with Crippen molar-refractivity contribution in [2.45, 2.75) is 19.6 Å². The third-order valence-electron chi connectivity index (χ3n) is 3.46. The fourth-order valence-corrected chi connectivity index (χ4v) is 3.02. The Morgan fingerprint density at radius 3 is 2.52 bits per heavy atom. The van der Waals surface area contributed by atoms with Crippen LogP contribution in [0.4, 0.5) is 10.1 Å². The zero-order valence-electron chi connectivity index (χ0n) is 13.5. The standard InChI is InChI=1S/C18H20FNO2S/c1-12-5-4-6-13(2)18(12)20-17(21)11-23-10-14-7-8-16(22-3)15(19)9-14/h4-9H,10-11H2,1-3H3,(H,20,21). The SMILES string of the molecule is COc1ccc(CSCC(=O)Nc2c(C)cccc2C)cc1F. The smallest absolute Gasteiger partial charge is 0.234 e. The molecule has 2 rings (SSSR count). The van der Waals surface area contributed by atoms with Gasteiger partial charge in [0, 0.05) is 11.4 Å². The number of ether oxygens (including phenoxy) is 1. The van der Waals surface area contributed by atoms with E-state index >= 15 is 0 Å². The van der Waals surface area contributed by atoms with E-state index in [1.54, 1.807) is 12.1 Å². The van der Waals surface area contributed by atoms with E-state index in [4.69, 9.17) is 4.74 Å². The maximum Gasteiger partial charge on any atom is 0.234 e. The lowest BCUT2D eigenvalue weighted by Crippen LogP contribution is -2.15. The number of methoxy groups -OCH3 is 1. The summed E-state index contributed by atoms with van der Waals surface area (Å²) in [4.78, 5) is 12.0. The first-order valence-corrected chi connectivity index (χ1v) is 8.43.